The van der Waals surface area contributed by atoms with E-state index in [-0.39, 0.29) is 0 Å². The highest BCUT2D eigenvalue weighted by molar-refractivity contribution is 9.10. The van der Waals surface area contributed by atoms with Gasteiger partial charge in [-0.15, -0.1) is 0 Å². The third kappa shape index (κ3) is 1.54. The van der Waals surface area contributed by atoms with Crippen LogP contribution in [-0.4, -0.2) is 0 Å². The second-order valence-corrected chi connectivity index (χ2v) is 5.76. The van der Waals surface area contributed by atoms with Crippen LogP contribution < -0.4 is 0 Å². The number of fused-ring (bicyclic) bond motifs is 5. The lowest BCUT2D eigenvalue weighted by molar-refractivity contribution is 0.669. The minimum absolute atomic E-state index is 0.650. The maximum Gasteiger partial charge on any atom is 0.154 e. The molecule has 0 saturated carbocycles. The molecule has 0 aliphatic carbocycles. The standard InChI is InChI=1S/C16H8BrClO/c17-11-6-3-7-13-15(11)14-10-5-2-1-4-9(10)8-12(18)16(14)19-13/h1-8H. The van der Waals surface area contributed by atoms with Gasteiger partial charge in [0.05, 0.1) is 5.02 Å². The average molecular weight is 332 g/mol. The van der Waals surface area contributed by atoms with E-state index < -0.39 is 0 Å². The minimum Gasteiger partial charge on any atom is -0.454 e. The Morgan fingerprint density at radius 2 is 1.79 bits per heavy atom. The van der Waals surface area contributed by atoms with Crippen LogP contribution in [0.1, 0.15) is 0 Å². The first-order valence-corrected chi connectivity index (χ1v) is 7.11. The second kappa shape index (κ2) is 3.99. The fraction of sp³-hybridized carbons (Fsp3) is 0. The van der Waals surface area contributed by atoms with Gasteiger partial charge >= 0.3 is 0 Å². The third-order valence-electron chi connectivity index (χ3n) is 3.39. The Labute approximate surface area is 122 Å². The summed E-state index contributed by atoms with van der Waals surface area (Å²) in [5, 5.41) is 5.09. The fourth-order valence-electron chi connectivity index (χ4n) is 2.58. The summed E-state index contributed by atoms with van der Waals surface area (Å²) in [5.41, 5.74) is 1.60. The zero-order valence-corrected chi connectivity index (χ0v) is 12.1. The quantitative estimate of drug-likeness (QED) is 0.376. The van der Waals surface area contributed by atoms with Crippen molar-refractivity contribution in [2.75, 3.05) is 0 Å². The summed E-state index contributed by atoms with van der Waals surface area (Å²) in [4.78, 5) is 0. The van der Waals surface area contributed by atoms with E-state index in [1.165, 1.54) is 0 Å². The predicted octanol–water partition coefficient (Wildman–Crippen LogP) is 6.16. The van der Waals surface area contributed by atoms with Crippen LogP contribution in [-0.2, 0) is 0 Å². The second-order valence-electron chi connectivity index (χ2n) is 4.50. The topological polar surface area (TPSA) is 13.1 Å². The SMILES string of the molecule is Clc1cc2ccccc2c2c1oc1cccc(Br)c12. The molecule has 0 aliphatic heterocycles. The van der Waals surface area contributed by atoms with Crippen LogP contribution >= 0.6 is 27.5 Å². The number of rotatable bonds is 0. The molecular weight excluding hydrogens is 324 g/mol. The molecule has 0 atom stereocenters. The Kier molecular flexibility index (Phi) is 2.38. The molecule has 0 fully saturated rings. The maximum absolute atomic E-state index is 6.35. The normalized spacial score (nSPS) is 11.7. The van der Waals surface area contributed by atoms with Crippen molar-refractivity contribution in [1.82, 2.24) is 0 Å². The molecule has 1 heterocycles. The highest BCUT2D eigenvalue weighted by atomic mass is 79.9. The van der Waals surface area contributed by atoms with Crippen molar-refractivity contribution >= 4 is 60.2 Å². The summed E-state index contributed by atoms with van der Waals surface area (Å²) in [6.45, 7) is 0. The molecule has 0 aliphatic rings. The van der Waals surface area contributed by atoms with E-state index in [2.05, 4.69) is 28.1 Å². The van der Waals surface area contributed by atoms with Gasteiger partial charge in [0.15, 0.2) is 5.58 Å². The summed E-state index contributed by atoms with van der Waals surface area (Å²) in [6.07, 6.45) is 0. The van der Waals surface area contributed by atoms with Gasteiger partial charge in [-0.2, -0.15) is 0 Å². The van der Waals surface area contributed by atoms with Gasteiger partial charge in [0.2, 0.25) is 0 Å². The number of benzene rings is 3. The number of furan rings is 1. The monoisotopic (exact) mass is 330 g/mol. The summed E-state index contributed by atoms with van der Waals surface area (Å²) >= 11 is 9.96. The molecule has 0 N–H and O–H groups in total. The van der Waals surface area contributed by atoms with Crippen molar-refractivity contribution < 1.29 is 4.42 Å². The molecule has 1 aromatic heterocycles. The summed E-state index contributed by atoms with van der Waals surface area (Å²) < 4.78 is 6.93. The zero-order valence-electron chi connectivity index (χ0n) is 9.78. The van der Waals surface area contributed by atoms with Gasteiger partial charge < -0.3 is 4.42 Å². The van der Waals surface area contributed by atoms with Crippen molar-refractivity contribution in [1.29, 1.82) is 0 Å². The Bertz CT molecular complexity index is 940. The van der Waals surface area contributed by atoms with E-state index in [0.29, 0.717) is 5.02 Å². The molecular formula is C16H8BrClO. The Balaban J connectivity index is 2.42. The van der Waals surface area contributed by atoms with E-state index >= 15 is 0 Å². The molecule has 0 amide bonds. The van der Waals surface area contributed by atoms with E-state index in [4.69, 9.17) is 16.0 Å². The van der Waals surface area contributed by atoms with E-state index in [1.54, 1.807) is 0 Å². The fourth-order valence-corrected chi connectivity index (χ4v) is 3.38. The number of hydrogen-bond acceptors (Lipinski definition) is 1. The van der Waals surface area contributed by atoms with Crippen molar-refractivity contribution in [2.45, 2.75) is 0 Å². The molecule has 3 heteroatoms. The van der Waals surface area contributed by atoms with Gasteiger partial charge in [-0.05, 0) is 29.0 Å². The van der Waals surface area contributed by atoms with Gasteiger partial charge in [0.1, 0.15) is 5.58 Å². The van der Waals surface area contributed by atoms with Gasteiger partial charge in [0.25, 0.3) is 0 Å². The largest absolute Gasteiger partial charge is 0.454 e. The molecule has 3 aromatic carbocycles. The molecule has 0 unspecified atom stereocenters. The van der Waals surface area contributed by atoms with Gasteiger partial charge in [-0.3, -0.25) is 0 Å². The van der Waals surface area contributed by atoms with Crippen LogP contribution in [0.3, 0.4) is 0 Å². The van der Waals surface area contributed by atoms with Crippen LogP contribution in [0.25, 0.3) is 32.7 Å². The minimum atomic E-state index is 0.650. The van der Waals surface area contributed by atoms with E-state index in [1.807, 2.05) is 36.4 Å². The first-order valence-electron chi connectivity index (χ1n) is 5.93. The van der Waals surface area contributed by atoms with Crippen molar-refractivity contribution in [2.24, 2.45) is 0 Å². The molecule has 1 nitrogen and oxygen atoms in total. The Morgan fingerprint density at radius 3 is 2.68 bits per heavy atom. The first kappa shape index (κ1) is 11.3. The van der Waals surface area contributed by atoms with Crippen LogP contribution in [0, 0.1) is 0 Å². The van der Waals surface area contributed by atoms with Crippen molar-refractivity contribution in [3.63, 3.8) is 0 Å². The van der Waals surface area contributed by atoms with Crippen LogP contribution in [0.4, 0.5) is 0 Å². The van der Waals surface area contributed by atoms with E-state index in [0.717, 1.165) is 37.2 Å². The third-order valence-corrected chi connectivity index (χ3v) is 4.34. The summed E-state index contributed by atoms with van der Waals surface area (Å²) in [5.74, 6) is 0. The van der Waals surface area contributed by atoms with Gasteiger partial charge in [0, 0.05) is 15.2 Å². The van der Waals surface area contributed by atoms with E-state index in [9.17, 15) is 0 Å². The molecule has 0 spiro atoms. The summed E-state index contributed by atoms with van der Waals surface area (Å²) in [7, 11) is 0. The maximum atomic E-state index is 6.35. The molecule has 19 heavy (non-hydrogen) atoms. The Morgan fingerprint density at radius 1 is 0.947 bits per heavy atom. The highest BCUT2D eigenvalue weighted by Crippen LogP contribution is 2.41. The van der Waals surface area contributed by atoms with Crippen LogP contribution in [0.2, 0.25) is 5.02 Å². The zero-order chi connectivity index (χ0) is 13.0. The summed E-state index contributed by atoms with van der Waals surface area (Å²) in [6, 6.07) is 16.1. The smallest absolute Gasteiger partial charge is 0.154 e. The molecule has 92 valence electrons. The molecule has 0 saturated heterocycles. The van der Waals surface area contributed by atoms with Crippen molar-refractivity contribution in [3.8, 4) is 0 Å². The highest BCUT2D eigenvalue weighted by Gasteiger charge is 2.15. The first-order chi connectivity index (χ1) is 9.25. The van der Waals surface area contributed by atoms with Gasteiger partial charge in [-0.25, -0.2) is 0 Å². The van der Waals surface area contributed by atoms with Crippen LogP contribution in [0.5, 0.6) is 0 Å². The van der Waals surface area contributed by atoms with Crippen LogP contribution in [0.15, 0.2) is 57.4 Å². The van der Waals surface area contributed by atoms with Gasteiger partial charge in [-0.1, -0.05) is 57.9 Å². The number of hydrogen-bond donors (Lipinski definition) is 0. The lowest BCUT2D eigenvalue weighted by Gasteiger charge is -2.01. The number of halogens is 2. The lowest BCUT2D eigenvalue weighted by atomic mass is 10.0. The molecule has 0 bridgehead atoms. The Hall–Kier alpha value is -1.51. The molecule has 4 aromatic rings. The molecule has 0 radical (unpaired) electrons. The predicted molar refractivity (Wildman–Crippen MR) is 83.9 cm³/mol. The van der Waals surface area contributed by atoms with Crippen molar-refractivity contribution in [3.05, 3.63) is 58.0 Å². The molecule has 4 rings (SSSR count). The average Bonchev–Trinajstić information content (AvgIpc) is 2.81. The lowest BCUT2D eigenvalue weighted by Crippen LogP contribution is -1.76.